The molecule has 0 atom stereocenters. The van der Waals surface area contributed by atoms with Gasteiger partial charge in [0.15, 0.2) is 0 Å². The van der Waals surface area contributed by atoms with Crippen molar-refractivity contribution in [1.29, 1.82) is 0 Å². The first-order valence-electron chi connectivity index (χ1n) is 5.80. The van der Waals surface area contributed by atoms with Gasteiger partial charge in [-0.1, -0.05) is 0 Å². The summed E-state index contributed by atoms with van der Waals surface area (Å²) >= 11 is 0. The average molecular weight is 282 g/mol. The highest BCUT2D eigenvalue weighted by Gasteiger charge is 2.06. The number of rotatable bonds is 6. The van der Waals surface area contributed by atoms with Gasteiger partial charge in [-0.25, -0.2) is 4.98 Å². The van der Waals surface area contributed by atoms with Gasteiger partial charge in [-0.05, 0) is 24.3 Å². The lowest BCUT2D eigenvalue weighted by atomic mass is 10.3. The fourth-order valence-corrected chi connectivity index (χ4v) is 1.51. The van der Waals surface area contributed by atoms with Crippen LogP contribution in [0.5, 0.6) is 5.75 Å². The highest BCUT2D eigenvalue weighted by Crippen LogP contribution is 2.17. The number of anilines is 1. The van der Waals surface area contributed by atoms with Gasteiger partial charge < -0.3 is 10.1 Å². The van der Waals surface area contributed by atoms with Crippen LogP contribution in [0, 0.1) is 0 Å². The number of benzene rings is 1. The number of halogens is 2. The summed E-state index contributed by atoms with van der Waals surface area (Å²) in [6.07, 6.45) is 3.14. The molecule has 1 amide bonds. The van der Waals surface area contributed by atoms with Crippen LogP contribution in [0.15, 0.2) is 36.9 Å². The van der Waals surface area contributed by atoms with Crippen LogP contribution in [0.3, 0.4) is 0 Å². The second kappa shape index (κ2) is 6.60. The molecule has 6 nitrogen and oxygen atoms in total. The lowest BCUT2D eigenvalue weighted by molar-refractivity contribution is -0.116. The third-order valence-corrected chi connectivity index (χ3v) is 2.40. The average Bonchev–Trinajstić information content (AvgIpc) is 2.91. The molecule has 0 aliphatic carbocycles. The Bertz CT molecular complexity index is 543. The topological polar surface area (TPSA) is 69.0 Å². The van der Waals surface area contributed by atoms with E-state index in [2.05, 4.69) is 20.1 Å². The summed E-state index contributed by atoms with van der Waals surface area (Å²) in [5.74, 6) is -0.163. The number of nitrogens with one attached hydrogen (secondary N) is 1. The van der Waals surface area contributed by atoms with E-state index in [-0.39, 0.29) is 18.1 Å². The Hall–Kier alpha value is -2.51. The summed E-state index contributed by atoms with van der Waals surface area (Å²) < 4.78 is 29.7. The zero-order chi connectivity index (χ0) is 14.4. The molecular weight excluding hydrogens is 270 g/mol. The third-order valence-electron chi connectivity index (χ3n) is 2.40. The van der Waals surface area contributed by atoms with E-state index in [9.17, 15) is 13.6 Å². The van der Waals surface area contributed by atoms with Crippen molar-refractivity contribution in [3.05, 3.63) is 36.9 Å². The van der Waals surface area contributed by atoms with Crippen LogP contribution in [0.2, 0.25) is 0 Å². The Morgan fingerprint density at radius 1 is 1.35 bits per heavy atom. The molecule has 106 valence electrons. The number of ether oxygens (including phenoxy) is 1. The predicted molar refractivity (Wildman–Crippen MR) is 66.3 cm³/mol. The molecule has 0 unspecified atom stereocenters. The van der Waals surface area contributed by atoms with Crippen molar-refractivity contribution < 1.29 is 18.3 Å². The van der Waals surface area contributed by atoms with Crippen LogP contribution in [0.4, 0.5) is 14.5 Å². The molecule has 1 N–H and O–H groups in total. The van der Waals surface area contributed by atoms with Crippen molar-refractivity contribution in [2.24, 2.45) is 0 Å². The standard InChI is InChI=1S/C12H12F2N4O2/c13-12(14)20-10-3-1-9(2-4-10)17-11(19)5-6-18-8-15-7-16-18/h1-4,7-8,12H,5-6H2,(H,17,19). The maximum absolute atomic E-state index is 12.0. The number of carbonyl (C=O) groups excluding carboxylic acids is 1. The molecule has 2 aromatic rings. The number of aryl methyl sites for hydroxylation is 1. The van der Waals surface area contributed by atoms with Gasteiger partial charge in [-0.2, -0.15) is 13.9 Å². The van der Waals surface area contributed by atoms with Crippen molar-refractivity contribution >= 4 is 11.6 Å². The Morgan fingerprint density at radius 3 is 2.70 bits per heavy atom. The number of nitrogens with zero attached hydrogens (tertiary/aromatic N) is 3. The second-order valence-corrected chi connectivity index (χ2v) is 3.86. The minimum Gasteiger partial charge on any atom is -0.435 e. The van der Waals surface area contributed by atoms with Gasteiger partial charge in [-0.3, -0.25) is 9.48 Å². The molecule has 0 aliphatic rings. The maximum atomic E-state index is 12.0. The lowest BCUT2D eigenvalue weighted by Gasteiger charge is -2.07. The second-order valence-electron chi connectivity index (χ2n) is 3.86. The fraction of sp³-hybridized carbons (Fsp3) is 0.250. The van der Waals surface area contributed by atoms with Crippen molar-refractivity contribution in [2.45, 2.75) is 19.6 Å². The number of hydrogen-bond donors (Lipinski definition) is 1. The Morgan fingerprint density at radius 2 is 2.10 bits per heavy atom. The molecule has 8 heteroatoms. The van der Waals surface area contributed by atoms with E-state index in [0.29, 0.717) is 12.2 Å². The molecule has 0 radical (unpaired) electrons. The molecule has 2 rings (SSSR count). The van der Waals surface area contributed by atoms with Crippen molar-refractivity contribution in [3.63, 3.8) is 0 Å². The largest absolute Gasteiger partial charge is 0.435 e. The van der Waals surface area contributed by atoms with E-state index in [1.165, 1.54) is 36.9 Å². The van der Waals surface area contributed by atoms with Crippen LogP contribution in [0.1, 0.15) is 6.42 Å². The van der Waals surface area contributed by atoms with E-state index >= 15 is 0 Å². The first kappa shape index (κ1) is 13.9. The van der Waals surface area contributed by atoms with Crippen LogP contribution in [0.25, 0.3) is 0 Å². The molecule has 0 aliphatic heterocycles. The van der Waals surface area contributed by atoms with Crippen molar-refractivity contribution in [3.8, 4) is 5.75 Å². The van der Waals surface area contributed by atoms with E-state index in [1.807, 2.05) is 0 Å². The quantitative estimate of drug-likeness (QED) is 0.878. The van der Waals surface area contributed by atoms with Crippen LogP contribution in [-0.2, 0) is 11.3 Å². The summed E-state index contributed by atoms with van der Waals surface area (Å²) in [5.41, 5.74) is 0.509. The SMILES string of the molecule is O=C(CCn1cncn1)Nc1ccc(OC(F)F)cc1. The van der Waals surface area contributed by atoms with Gasteiger partial charge in [0, 0.05) is 12.1 Å². The number of carbonyl (C=O) groups is 1. The van der Waals surface area contributed by atoms with Gasteiger partial charge in [0.05, 0.1) is 6.54 Å². The molecule has 0 bridgehead atoms. The summed E-state index contributed by atoms with van der Waals surface area (Å²) in [5, 5.41) is 6.51. The maximum Gasteiger partial charge on any atom is 0.387 e. The Kier molecular flexibility index (Phi) is 4.59. The molecule has 20 heavy (non-hydrogen) atoms. The first-order valence-corrected chi connectivity index (χ1v) is 5.80. The number of aromatic nitrogens is 3. The monoisotopic (exact) mass is 282 g/mol. The minimum absolute atomic E-state index is 0.0422. The molecule has 1 aromatic heterocycles. The zero-order valence-corrected chi connectivity index (χ0v) is 10.4. The third kappa shape index (κ3) is 4.30. The summed E-state index contributed by atoms with van der Waals surface area (Å²) in [7, 11) is 0. The summed E-state index contributed by atoms with van der Waals surface area (Å²) in [6, 6.07) is 5.70. The van der Waals surface area contributed by atoms with E-state index in [4.69, 9.17) is 0 Å². The van der Waals surface area contributed by atoms with Crippen LogP contribution < -0.4 is 10.1 Å². The van der Waals surface area contributed by atoms with Crippen LogP contribution in [-0.4, -0.2) is 27.3 Å². The lowest BCUT2D eigenvalue weighted by Crippen LogP contribution is -2.14. The normalized spacial score (nSPS) is 10.6. The number of alkyl halides is 2. The van der Waals surface area contributed by atoms with Gasteiger partial charge in [-0.15, -0.1) is 0 Å². The predicted octanol–water partition coefficient (Wildman–Crippen LogP) is 1.91. The van der Waals surface area contributed by atoms with Gasteiger partial charge in [0.1, 0.15) is 18.4 Å². The molecule has 1 heterocycles. The zero-order valence-electron chi connectivity index (χ0n) is 10.4. The smallest absolute Gasteiger partial charge is 0.387 e. The molecule has 0 saturated heterocycles. The van der Waals surface area contributed by atoms with Crippen molar-refractivity contribution in [1.82, 2.24) is 14.8 Å². The molecule has 1 aromatic carbocycles. The Labute approximate surface area is 113 Å². The Balaban J connectivity index is 1.81. The summed E-state index contributed by atoms with van der Waals surface area (Å²) in [6.45, 7) is -2.45. The van der Waals surface area contributed by atoms with Crippen LogP contribution >= 0.6 is 0 Å². The first-order chi connectivity index (χ1) is 9.63. The molecule has 0 fully saturated rings. The van der Waals surface area contributed by atoms with E-state index < -0.39 is 6.61 Å². The van der Waals surface area contributed by atoms with Crippen molar-refractivity contribution in [2.75, 3.05) is 5.32 Å². The molecule has 0 spiro atoms. The highest BCUT2D eigenvalue weighted by molar-refractivity contribution is 5.90. The van der Waals surface area contributed by atoms with Gasteiger partial charge >= 0.3 is 6.61 Å². The molecule has 0 saturated carbocycles. The minimum atomic E-state index is -2.86. The highest BCUT2D eigenvalue weighted by atomic mass is 19.3. The van der Waals surface area contributed by atoms with E-state index in [0.717, 1.165) is 0 Å². The van der Waals surface area contributed by atoms with Gasteiger partial charge in [0.2, 0.25) is 5.91 Å². The number of amides is 1. The van der Waals surface area contributed by atoms with E-state index in [1.54, 1.807) is 4.68 Å². The summed E-state index contributed by atoms with van der Waals surface area (Å²) in [4.78, 5) is 15.4. The van der Waals surface area contributed by atoms with Gasteiger partial charge in [0.25, 0.3) is 0 Å². The molecular formula is C12H12F2N4O2. The number of hydrogen-bond acceptors (Lipinski definition) is 4. The fourth-order valence-electron chi connectivity index (χ4n) is 1.51.